The lowest BCUT2D eigenvalue weighted by atomic mass is 9.98. The van der Waals surface area contributed by atoms with Gasteiger partial charge in [-0.15, -0.1) is 0 Å². The molecule has 3 rings (SSSR count). The minimum absolute atomic E-state index is 0.556. The molecule has 0 amide bonds. The highest BCUT2D eigenvalue weighted by Crippen LogP contribution is 2.36. The van der Waals surface area contributed by atoms with Gasteiger partial charge in [-0.05, 0) is 0 Å². The lowest BCUT2D eigenvalue weighted by Crippen LogP contribution is -2.63. The molecule has 18 nitrogen and oxygen atoms in total. The lowest BCUT2D eigenvalue weighted by molar-refractivity contribution is -0.388. The number of carbonyl (C=O) groups excluding carboxylic acids is 1. The van der Waals surface area contributed by atoms with E-state index in [0.29, 0.717) is 0 Å². The fourth-order valence-electron chi connectivity index (χ4n) is 4.18. The van der Waals surface area contributed by atoms with E-state index in [2.05, 4.69) is 9.78 Å². The summed E-state index contributed by atoms with van der Waals surface area (Å²) >= 11 is 0. The Bertz CT molecular complexity index is 772. The van der Waals surface area contributed by atoms with E-state index >= 15 is 0 Å². The first-order valence-corrected chi connectivity index (χ1v) is 11.6. The first kappa shape index (κ1) is 31.4. The van der Waals surface area contributed by atoms with Crippen LogP contribution in [0.1, 0.15) is 6.92 Å². The second-order valence-corrected chi connectivity index (χ2v) is 9.08. The summed E-state index contributed by atoms with van der Waals surface area (Å²) in [6, 6.07) is 0. The molecule has 222 valence electrons. The molecule has 18 heteroatoms. The van der Waals surface area contributed by atoms with Gasteiger partial charge in [-0.1, -0.05) is 0 Å². The van der Waals surface area contributed by atoms with Crippen LogP contribution in [0.4, 0.5) is 0 Å². The van der Waals surface area contributed by atoms with Crippen LogP contribution in [-0.4, -0.2) is 169 Å². The molecular weight excluding hydrogens is 528 g/mol. The molecule has 2 unspecified atom stereocenters. The van der Waals surface area contributed by atoms with Crippen LogP contribution in [0.3, 0.4) is 0 Å². The van der Waals surface area contributed by atoms with Crippen molar-refractivity contribution in [3.8, 4) is 0 Å². The predicted molar refractivity (Wildman–Crippen MR) is 112 cm³/mol. The fraction of sp³-hybridized carbons (Fsp3) is 0.950. The van der Waals surface area contributed by atoms with Crippen molar-refractivity contribution in [2.75, 3.05) is 26.4 Å². The molecule has 0 aromatic heterocycles. The van der Waals surface area contributed by atoms with Gasteiger partial charge in [0.25, 0.3) is 0 Å². The quantitative estimate of drug-likeness (QED) is 0.0874. The third-order valence-corrected chi connectivity index (χ3v) is 6.39. The van der Waals surface area contributed by atoms with Gasteiger partial charge in [-0.3, -0.25) is 4.89 Å². The van der Waals surface area contributed by atoms with Gasteiger partial charge in [0.05, 0.1) is 13.2 Å². The summed E-state index contributed by atoms with van der Waals surface area (Å²) in [5.41, 5.74) is 0. The number of carbonyl (C=O) groups is 1. The third-order valence-electron chi connectivity index (χ3n) is 6.39. The molecule has 0 radical (unpaired) electrons. The summed E-state index contributed by atoms with van der Waals surface area (Å²) in [6.07, 6.45) is -22.3. The Hall–Kier alpha value is -1.17. The Morgan fingerprint density at radius 2 is 1.29 bits per heavy atom. The predicted octanol–water partition coefficient (Wildman–Crippen LogP) is -7.07. The number of rotatable bonds is 10. The monoisotopic (exact) mass is 562 g/mol. The van der Waals surface area contributed by atoms with E-state index in [1.54, 1.807) is 0 Å². The van der Waals surface area contributed by atoms with Crippen LogP contribution >= 0.6 is 0 Å². The van der Waals surface area contributed by atoms with Crippen molar-refractivity contribution in [3.63, 3.8) is 0 Å². The van der Waals surface area contributed by atoms with E-state index in [1.165, 1.54) is 0 Å². The van der Waals surface area contributed by atoms with Crippen LogP contribution in [0.2, 0.25) is 0 Å². The standard InChI is InChI=1S/C20H34O18/c1-6(23)38-33-4-9-11(25)13(27)15(29)18(34-9)32-3-8-10(24)14(28)16(30)19(35-8)37-20(5-22)17(31)12(26)7(2-21)36-20/h7-19,21-22,24-31H,2-5H2,1H3/t7-,8-,9-,10-,11+,12-,13+,14+,15-,16-,17+,18?,19?,20+/m1/s1. The molecule has 0 aromatic rings. The molecule has 3 heterocycles. The van der Waals surface area contributed by atoms with Crippen LogP contribution in [-0.2, 0) is 38.3 Å². The summed E-state index contributed by atoms with van der Waals surface area (Å²) in [5, 5.41) is 101. The fourth-order valence-corrected chi connectivity index (χ4v) is 4.18. The summed E-state index contributed by atoms with van der Waals surface area (Å²) in [5.74, 6) is -3.19. The molecule has 14 atom stereocenters. The van der Waals surface area contributed by atoms with E-state index in [0.717, 1.165) is 6.92 Å². The molecular formula is C20H34O18. The van der Waals surface area contributed by atoms with Crippen LogP contribution in [0.5, 0.6) is 0 Å². The van der Waals surface area contributed by atoms with Crippen molar-refractivity contribution in [1.29, 1.82) is 0 Å². The van der Waals surface area contributed by atoms with Gasteiger partial charge in [0.2, 0.25) is 5.79 Å². The van der Waals surface area contributed by atoms with Crippen LogP contribution < -0.4 is 0 Å². The highest BCUT2D eigenvalue weighted by molar-refractivity contribution is 5.65. The van der Waals surface area contributed by atoms with Crippen molar-refractivity contribution in [3.05, 3.63) is 0 Å². The van der Waals surface area contributed by atoms with E-state index in [-0.39, 0.29) is 0 Å². The maximum absolute atomic E-state index is 10.8. The maximum atomic E-state index is 10.8. The van der Waals surface area contributed by atoms with Crippen LogP contribution in [0.15, 0.2) is 0 Å². The zero-order chi connectivity index (χ0) is 28.4. The average Bonchev–Trinajstić information content (AvgIpc) is 3.13. The zero-order valence-corrected chi connectivity index (χ0v) is 20.1. The Labute approximate surface area is 214 Å². The SMILES string of the molecule is CC(=O)OOC[C@H]1OC(OC[C@H]2OC(O[C@]3(CO)O[C@H](CO)[C@@H](O)[C@@H]3O)[C@H](O)[C@@H](O)[C@@H]2O)[C@H](O)[C@@H](O)[C@H]1O. The van der Waals surface area contributed by atoms with Crippen LogP contribution in [0.25, 0.3) is 0 Å². The first-order valence-electron chi connectivity index (χ1n) is 11.6. The summed E-state index contributed by atoms with van der Waals surface area (Å²) < 4.78 is 26.8. The van der Waals surface area contributed by atoms with Crippen LogP contribution in [0, 0.1) is 0 Å². The average molecular weight is 562 g/mol. The molecule has 0 aromatic carbocycles. The van der Waals surface area contributed by atoms with Crippen molar-refractivity contribution < 1.29 is 89.3 Å². The van der Waals surface area contributed by atoms with Gasteiger partial charge >= 0.3 is 5.97 Å². The van der Waals surface area contributed by atoms with Crippen molar-refractivity contribution in [2.24, 2.45) is 0 Å². The van der Waals surface area contributed by atoms with E-state index < -0.39 is 118 Å². The van der Waals surface area contributed by atoms with Gasteiger partial charge in [-0.25, -0.2) is 4.79 Å². The Balaban J connectivity index is 1.66. The molecule has 3 aliphatic heterocycles. The van der Waals surface area contributed by atoms with Gasteiger partial charge in [0, 0.05) is 6.92 Å². The number of hydrogen-bond donors (Lipinski definition) is 10. The third kappa shape index (κ3) is 6.41. The smallest absolute Gasteiger partial charge is 0.339 e. The number of hydrogen-bond acceptors (Lipinski definition) is 18. The van der Waals surface area contributed by atoms with Crippen molar-refractivity contribution >= 4 is 5.97 Å². The second kappa shape index (κ2) is 13.0. The van der Waals surface area contributed by atoms with E-state index in [9.17, 15) is 55.9 Å². The molecule has 10 N–H and O–H groups in total. The normalized spacial score (nSPS) is 47.7. The molecule has 38 heavy (non-hydrogen) atoms. The zero-order valence-electron chi connectivity index (χ0n) is 20.1. The lowest BCUT2D eigenvalue weighted by Gasteiger charge is -2.44. The molecule has 0 saturated carbocycles. The Kier molecular flexibility index (Phi) is 10.7. The molecule has 0 bridgehead atoms. The number of aliphatic hydroxyl groups is 10. The molecule has 0 aliphatic carbocycles. The molecule has 0 spiro atoms. The minimum Gasteiger partial charge on any atom is -0.394 e. The van der Waals surface area contributed by atoms with Gasteiger partial charge in [0.1, 0.15) is 80.4 Å². The van der Waals surface area contributed by atoms with Gasteiger partial charge in [-0.2, -0.15) is 4.89 Å². The summed E-state index contributed by atoms with van der Waals surface area (Å²) in [4.78, 5) is 19.7. The Morgan fingerprint density at radius 1 is 0.737 bits per heavy atom. The van der Waals surface area contributed by atoms with Gasteiger partial charge in [0.15, 0.2) is 12.6 Å². The van der Waals surface area contributed by atoms with E-state index in [1.807, 2.05) is 0 Å². The van der Waals surface area contributed by atoms with Crippen molar-refractivity contribution in [2.45, 2.75) is 92.4 Å². The minimum atomic E-state index is -2.38. The summed E-state index contributed by atoms with van der Waals surface area (Å²) in [6.45, 7) is -2.01. The van der Waals surface area contributed by atoms with Gasteiger partial charge < -0.3 is 74.7 Å². The largest absolute Gasteiger partial charge is 0.394 e. The second-order valence-electron chi connectivity index (χ2n) is 9.08. The molecule has 3 fully saturated rings. The highest BCUT2D eigenvalue weighted by atomic mass is 17.2. The maximum Gasteiger partial charge on any atom is 0.339 e. The molecule has 3 saturated heterocycles. The van der Waals surface area contributed by atoms with E-state index in [4.69, 9.17) is 23.7 Å². The Morgan fingerprint density at radius 3 is 1.82 bits per heavy atom. The highest BCUT2D eigenvalue weighted by Gasteiger charge is 2.58. The number of ether oxygens (including phenoxy) is 5. The summed E-state index contributed by atoms with van der Waals surface area (Å²) in [7, 11) is 0. The van der Waals surface area contributed by atoms with Crippen molar-refractivity contribution in [1.82, 2.24) is 0 Å². The topological polar surface area (TPSA) is 284 Å². The first-order chi connectivity index (χ1) is 17.9. The number of aliphatic hydroxyl groups excluding tert-OH is 10. The molecule has 3 aliphatic rings.